The lowest BCUT2D eigenvalue weighted by molar-refractivity contribution is 0.350. The summed E-state index contributed by atoms with van der Waals surface area (Å²) in [6, 6.07) is 6.49. The molecule has 118 valence electrons. The SMILES string of the molecule is CNC(CC1CCCCCC1)c1ccc(OC)cc1OC. The molecular formula is C18H29NO2. The maximum atomic E-state index is 5.56. The number of methoxy groups -OCH3 is 2. The number of benzene rings is 1. The van der Waals surface area contributed by atoms with Crippen molar-refractivity contribution in [3.63, 3.8) is 0 Å². The van der Waals surface area contributed by atoms with Crippen LogP contribution in [0.4, 0.5) is 0 Å². The Kier molecular flexibility index (Phi) is 6.37. The van der Waals surface area contributed by atoms with Gasteiger partial charge >= 0.3 is 0 Å². The molecule has 0 bridgehead atoms. The Balaban J connectivity index is 2.12. The van der Waals surface area contributed by atoms with Gasteiger partial charge in [0.1, 0.15) is 11.5 Å². The molecule has 0 heterocycles. The molecule has 1 saturated carbocycles. The minimum absolute atomic E-state index is 0.356. The minimum atomic E-state index is 0.356. The lowest BCUT2D eigenvalue weighted by Gasteiger charge is -2.24. The van der Waals surface area contributed by atoms with Crippen LogP contribution < -0.4 is 14.8 Å². The van der Waals surface area contributed by atoms with Gasteiger partial charge in [0.25, 0.3) is 0 Å². The molecule has 1 aliphatic rings. The van der Waals surface area contributed by atoms with Crippen LogP contribution in [0.25, 0.3) is 0 Å². The van der Waals surface area contributed by atoms with Crippen molar-refractivity contribution in [1.82, 2.24) is 5.32 Å². The third-order valence-corrected chi connectivity index (χ3v) is 4.71. The van der Waals surface area contributed by atoms with Crippen LogP contribution in [0.15, 0.2) is 18.2 Å². The highest BCUT2D eigenvalue weighted by Crippen LogP contribution is 2.35. The average molecular weight is 291 g/mol. The van der Waals surface area contributed by atoms with E-state index in [4.69, 9.17) is 9.47 Å². The second-order valence-electron chi connectivity index (χ2n) is 6.04. The summed E-state index contributed by atoms with van der Waals surface area (Å²) >= 11 is 0. The highest BCUT2D eigenvalue weighted by molar-refractivity contribution is 5.42. The average Bonchev–Trinajstić information content (AvgIpc) is 2.80. The monoisotopic (exact) mass is 291 g/mol. The lowest BCUT2D eigenvalue weighted by atomic mass is 9.89. The molecule has 3 nitrogen and oxygen atoms in total. The summed E-state index contributed by atoms with van der Waals surface area (Å²) in [6.07, 6.45) is 9.54. The summed E-state index contributed by atoms with van der Waals surface area (Å²) in [4.78, 5) is 0. The Hall–Kier alpha value is -1.22. The van der Waals surface area contributed by atoms with Gasteiger partial charge in [-0.1, -0.05) is 44.6 Å². The highest BCUT2D eigenvalue weighted by atomic mass is 16.5. The number of nitrogens with one attached hydrogen (secondary N) is 1. The van der Waals surface area contributed by atoms with Gasteiger partial charge in [0.05, 0.1) is 14.2 Å². The van der Waals surface area contributed by atoms with Gasteiger partial charge < -0.3 is 14.8 Å². The molecule has 1 unspecified atom stereocenters. The molecule has 1 N–H and O–H groups in total. The third kappa shape index (κ3) is 4.37. The van der Waals surface area contributed by atoms with Crippen molar-refractivity contribution in [3.05, 3.63) is 23.8 Å². The molecule has 1 aliphatic carbocycles. The predicted octanol–water partition coefficient (Wildman–Crippen LogP) is 4.32. The molecule has 0 amide bonds. The number of hydrogen-bond donors (Lipinski definition) is 1. The van der Waals surface area contributed by atoms with Gasteiger partial charge in [-0.2, -0.15) is 0 Å². The van der Waals surface area contributed by atoms with Gasteiger partial charge in [0, 0.05) is 17.7 Å². The van der Waals surface area contributed by atoms with Crippen LogP contribution in [-0.2, 0) is 0 Å². The Labute approximate surface area is 129 Å². The molecule has 1 aromatic rings. The van der Waals surface area contributed by atoms with Crippen molar-refractivity contribution >= 4 is 0 Å². The van der Waals surface area contributed by atoms with Crippen LogP contribution in [0.3, 0.4) is 0 Å². The van der Waals surface area contributed by atoms with Crippen LogP contribution in [0.5, 0.6) is 11.5 Å². The van der Waals surface area contributed by atoms with E-state index in [2.05, 4.69) is 11.4 Å². The number of hydrogen-bond acceptors (Lipinski definition) is 3. The molecule has 0 radical (unpaired) electrons. The van der Waals surface area contributed by atoms with Gasteiger partial charge in [-0.3, -0.25) is 0 Å². The van der Waals surface area contributed by atoms with Crippen LogP contribution in [-0.4, -0.2) is 21.3 Å². The normalized spacial score (nSPS) is 18.0. The fourth-order valence-electron chi connectivity index (χ4n) is 3.44. The van der Waals surface area contributed by atoms with Crippen LogP contribution in [0, 0.1) is 5.92 Å². The first kappa shape index (κ1) is 16.2. The molecule has 0 aliphatic heterocycles. The minimum Gasteiger partial charge on any atom is -0.497 e. The number of rotatable bonds is 6. The van der Waals surface area contributed by atoms with Crippen molar-refractivity contribution in [2.75, 3.05) is 21.3 Å². The van der Waals surface area contributed by atoms with Gasteiger partial charge in [0.15, 0.2) is 0 Å². The largest absolute Gasteiger partial charge is 0.497 e. The molecule has 1 aromatic carbocycles. The summed E-state index contributed by atoms with van der Waals surface area (Å²) in [5.41, 5.74) is 1.24. The fraction of sp³-hybridized carbons (Fsp3) is 0.667. The van der Waals surface area contributed by atoms with E-state index in [0.29, 0.717) is 6.04 Å². The summed E-state index contributed by atoms with van der Waals surface area (Å²) in [5, 5.41) is 3.48. The van der Waals surface area contributed by atoms with Crippen molar-refractivity contribution in [3.8, 4) is 11.5 Å². The fourth-order valence-corrected chi connectivity index (χ4v) is 3.44. The van der Waals surface area contributed by atoms with Gasteiger partial charge in [0.2, 0.25) is 0 Å². The van der Waals surface area contributed by atoms with Crippen molar-refractivity contribution in [2.24, 2.45) is 5.92 Å². The standard InChI is InChI=1S/C18H29NO2/c1-19-17(12-14-8-6-4-5-7-9-14)16-11-10-15(20-2)13-18(16)21-3/h10-11,13-14,17,19H,4-9,12H2,1-3H3. The van der Waals surface area contributed by atoms with Crippen LogP contribution in [0.1, 0.15) is 56.6 Å². The maximum absolute atomic E-state index is 5.56. The van der Waals surface area contributed by atoms with E-state index < -0.39 is 0 Å². The Morgan fingerprint density at radius 2 is 1.81 bits per heavy atom. The Morgan fingerprint density at radius 1 is 1.10 bits per heavy atom. The van der Waals surface area contributed by atoms with E-state index in [1.807, 2.05) is 19.2 Å². The summed E-state index contributed by atoms with van der Waals surface area (Å²) in [6.45, 7) is 0. The smallest absolute Gasteiger partial charge is 0.127 e. The van der Waals surface area contributed by atoms with E-state index >= 15 is 0 Å². The molecule has 0 spiro atoms. The van der Waals surface area contributed by atoms with E-state index in [9.17, 15) is 0 Å². The molecule has 3 heteroatoms. The molecule has 2 rings (SSSR count). The molecule has 1 atom stereocenters. The van der Waals surface area contributed by atoms with Crippen LogP contribution >= 0.6 is 0 Å². The maximum Gasteiger partial charge on any atom is 0.127 e. The van der Waals surface area contributed by atoms with Crippen molar-refractivity contribution in [1.29, 1.82) is 0 Å². The molecule has 0 saturated heterocycles. The van der Waals surface area contributed by atoms with E-state index in [-0.39, 0.29) is 0 Å². The van der Waals surface area contributed by atoms with Gasteiger partial charge in [-0.15, -0.1) is 0 Å². The van der Waals surface area contributed by atoms with Crippen LogP contribution in [0.2, 0.25) is 0 Å². The highest BCUT2D eigenvalue weighted by Gasteiger charge is 2.21. The molecule has 1 fully saturated rings. The summed E-state index contributed by atoms with van der Waals surface area (Å²) < 4.78 is 10.9. The third-order valence-electron chi connectivity index (χ3n) is 4.71. The van der Waals surface area contributed by atoms with E-state index in [0.717, 1.165) is 17.4 Å². The van der Waals surface area contributed by atoms with E-state index in [1.54, 1.807) is 14.2 Å². The molecular weight excluding hydrogens is 262 g/mol. The number of ether oxygens (including phenoxy) is 2. The first-order valence-electron chi connectivity index (χ1n) is 8.17. The predicted molar refractivity (Wildman–Crippen MR) is 87.2 cm³/mol. The summed E-state index contributed by atoms with van der Waals surface area (Å²) in [7, 11) is 5.47. The van der Waals surface area contributed by atoms with E-state index in [1.165, 1.54) is 50.5 Å². The lowest BCUT2D eigenvalue weighted by Crippen LogP contribution is -2.20. The quantitative estimate of drug-likeness (QED) is 0.792. The molecule has 21 heavy (non-hydrogen) atoms. The zero-order chi connectivity index (χ0) is 15.1. The Bertz CT molecular complexity index is 425. The first-order valence-corrected chi connectivity index (χ1v) is 8.17. The van der Waals surface area contributed by atoms with Crippen molar-refractivity contribution < 1.29 is 9.47 Å². The second kappa shape index (κ2) is 8.28. The zero-order valence-electron chi connectivity index (χ0n) is 13.7. The van der Waals surface area contributed by atoms with Gasteiger partial charge in [-0.05, 0) is 25.5 Å². The van der Waals surface area contributed by atoms with Crippen molar-refractivity contribution in [2.45, 2.75) is 51.0 Å². The second-order valence-corrected chi connectivity index (χ2v) is 6.04. The first-order chi connectivity index (χ1) is 10.3. The van der Waals surface area contributed by atoms with Gasteiger partial charge in [-0.25, -0.2) is 0 Å². The topological polar surface area (TPSA) is 30.5 Å². The summed E-state index contributed by atoms with van der Waals surface area (Å²) in [5.74, 6) is 2.60. The molecule has 0 aromatic heterocycles. The Morgan fingerprint density at radius 3 is 2.38 bits per heavy atom. The zero-order valence-corrected chi connectivity index (χ0v) is 13.7.